The predicted molar refractivity (Wildman–Crippen MR) is 57.5 cm³/mol. The van der Waals surface area contributed by atoms with Crippen molar-refractivity contribution >= 4 is 5.97 Å². The number of ether oxygens (including phenoxy) is 1. The molecule has 0 radical (unpaired) electrons. The van der Waals surface area contributed by atoms with Gasteiger partial charge in [-0.15, -0.1) is 0 Å². The van der Waals surface area contributed by atoms with E-state index in [-0.39, 0.29) is 29.8 Å². The molecular weight excluding hydrogens is 244 g/mol. The van der Waals surface area contributed by atoms with Crippen LogP contribution in [0.1, 0.15) is 28.8 Å². The molecule has 1 rings (SSSR count). The predicted octanol–water partition coefficient (Wildman–Crippen LogP) is 1.07. The number of hydrogen-bond acceptors (Lipinski definition) is 5. The van der Waals surface area contributed by atoms with Crippen LogP contribution in [0.25, 0.3) is 0 Å². The Bertz CT molecular complexity index is 498. The number of hydrogen-bond donors (Lipinski definition) is 1. The SMILES string of the molecule is COC(=O)Cc1ncc(C(F)F)c(C#N)c1CN. The van der Waals surface area contributed by atoms with Crippen molar-refractivity contribution in [1.29, 1.82) is 5.26 Å². The van der Waals surface area contributed by atoms with Crippen LogP contribution in [-0.4, -0.2) is 18.1 Å². The summed E-state index contributed by atoms with van der Waals surface area (Å²) >= 11 is 0. The summed E-state index contributed by atoms with van der Waals surface area (Å²) in [7, 11) is 1.20. The van der Waals surface area contributed by atoms with E-state index >= 15 is 0 Å². The van der Waals surface area contributed by atoms with E-state index in [0.717, 1.165) is 6.20 Å². The zero-order valence-corrected chi connectivity index (χ0v) is 9.61. The molecule has 5 nitrogen and oxygen atoms in total. The van der Waals surface area contributed by atoms with E-state index in [1.165, 1.54) is 7.11 Å². The van der Waals surface area contributed by atoms with Gasteiger partial charge in [-0.25, -0.2) is 8.78 Å². The average Bonchev–Trinajstić information content (AvgIpc) is 2.37. The quantitative estimate of drug-likeness (QED) is 0.813. The summed E-state index contributed by atoms with van der Waals surface area (Å²) in [5.74, 6) is -0.578. The van der Waals surface area contributed by atoms with Crippen molar-refractivity contribution in [3.05, 3.63) is 28.6 Å². The van der Waals surface area contributed by atoms with E-state index in [4.69, 9.17) is 11.0 Å². The Morgan fingerprint density at radius 3 is 2.78 bits per heavy atom. The van der Waals surface area contributed by atoms with Crippen LogP contribution < -0.4 is 5.73 Å². The second-order valence-electron chi connectivity index (χ2n) is 3.38. The van der Waals surface area contributed by atoms with Gasteiger partial charge in [-0.1, -0.05) is 0 Å². The molecule has 18 heavy (non-hydrogen) atoms. The summed E-state index contributed by atoms with van der Waals surface area (Å²) in [5, 5.41) is 8.91. The molecule has 0 saturated heterocycles. The molecule has 1 aromatic heterocycles. The van der Waals surface area contributed by atoms with Gasteiger partial charge in [0, 0.05) is 18.3 Å². The monoisotopic (exact) mass is 255 g/mol. The molecule has 0 fully saturated rings. The lowest BCUT2D eigenvalue weighted by Crippen LogP contribution is -2.14. The Labute approximate surface area is 102 Å². The van der Waals surface area contributed by atoms with Crippen LogP contribution >= 0.6 is 0 Å². The maximum absolute atomic E-state index is 12.7. The lowest BCUT2D eigenvalue weighted by Gasteiger charge is -2.11. The third-order valence-electron chi connectivity index (χ3n) is 2.39. The summed E-state index contributed by atoms with van der Waals surface area (Å²) in [6.45, 7) is -0.150. The van der Waals surface area contributed by atoms with Gasteiger partial charge >= 0.3 is 5.97 Å². The fraction of sp³-hybridized carbons (Fsp3) is 0.364. The van der Waals surface area contributed by atoms with Crippen LogP contribution in [-0.2, 0) is 22.5 Å². The number of nitrogens with zero attached hydrogens (tertiary/aromatic N) is 2. The first-order valence-corrected chi connectivity index (χ1v) is 5.00. The lowest BCUT2D eigenvalue weighted by molar-refractivity contribution is -0.139. The zero-order valence-electron chi connectivity index (χ0n) is 9.61. The standard InChI is InChI=1S/C11H11F2N3O2/c1-18-10(17)2-9-7(4-15)6(3-14)8(5-16-9)11(12)13/h5,11H,2,4,15H2,1H3. The van der Waals surface area contributed by atoms with Crippen LogP contribution in [0.5, 0.6) is 0 Å². The summed E-state index contributed by atoms with van der Waals surface area (Å²) in [5.41, 5.74) is 5.06. The second-order valence-corrected chi connectivity index (χ2v) is 3.38. The molecule has 0 aromatic carbocycles. The van der Waals surface area contributed by atoms with Crippen molar-refractivity contribution < 1.29 is 18.3 Å². The third-order valence-corrected chi connectivity index (χ3v) is 2.39. The molecule has 0 aliphatic carbocycles. The van der Waals surface area contributed by atoms with Gasteiger partial charge < -0.3 is 10.5 Å². The van der Waals surface area contributed by atoms with Gasteiger partial charge in [0.2, 0.25) is 0 Å². The van der Waals surface area contributed by atoms with Gasteiger partial charge in [0.25, 0.3) is 6.43 Å². The fourth-order valence-corrected chi connectivity index (χ4v) is 1.49. The van der Waals surface area contributed by atoms with Crippen molar-refractivity contribution in [2.24, 2.45) is 5.73 Å². The third kappa shape index (κ3) is 2.78. The smallest absolute Gasteiger partial charge is 0.311 e. The highest BCUT2D eigenvalue weighted by Crippen LogP contribution is 2.25. The Morgan fingerprint density at radius 2 is 2.33 bits per heavy atom. The highest BCUT2D eigenvalue weighted by Gasteiger charge is 2.20. The molecule has 0 aliphatic rings. The fourth-order valence-electron chi connectivity index (χ4n) is 1.49. The van der Waals surface area contributed by atoms with Gasteiger partial charge in [-0.05, 0) is 0 Å². The van der Waals surface area contributed by atoms with Crippen LogP contribution in [0.2, 0.25) is 0 Å². The minimum atomic E-state index is -2.82. The molecule has 96 valence electrons. The Balaban J connectivity index is 3.31. The van der Waals surface area contributed by atoms with Crippen molar-refractivity contribution in [2.75, 3.05) is 7.11 Å². The lowest BCUT2D eigenvalue weighted by atomic mass is 10.0. The van der Waals surface area contributed by atoms with Crippen molar-refractivity contribution in [3.8, 4) is 6.07 Å². The first-order chi connectivity index (χ1) is 8.54. The number of rotatable bonds is 4. The van der Waals surface area contributed by atoms with Crippen molar-refractivity contribution in [1.82, 2.24) is 4.98 Å². The van der Waals surface area contributed by atoms with Gasteiger partial charge in [-0.2, -0.15) is 5.26 Å². The number of alkyl halides is 2. The van der Waals surface area contributed by atoms with Crippen molar-refractivity contribution in [3.63, 3.8) is 0 Å². The van der Waals surface area contributed by atoms with Gasteiger partial charge in [-0.3, -0.25) is 9.78 Å². The number of halogens is 2. The molecule has 0 unspecified atom stereocenters. The number of nitrogens with two attached hydrogens (primary N) is 1. The van der Waals surface area contributed by atoms with Crippen LogP contribution in [0.15, 0.2) is 6.20 Å². The van der Waals surface area contributed by atoms with E-state index in [1.807, 2.05) is 0 Å². The number of aromatic nitrogens is 1. The Kier molecular flexibility index (Phi) is 4.68. The second kappa shape index (κ2) is 6.02. The molecule has 7 heteroatoms. The van der Waals surface area contributed by atoms with E-state index in [9.17, 15) is 13.6 Å². The molecule has 0 amide bonds. The molecule has 0 atom stereocenters. The zero-order chi connectivity index (χ0) is 13.7. The maximum Gasteiger partial charge on any atom is 0.311 e. The van der Waals surface area contributed by atoms with Gasteiger partial charge in [0.15, 0.2) is 0 Å². The minimum absolute atomic E-state index is 0.150. The largest absolute Gasteiger partial charge is 0.469 e. The molecule has 2 N–H and O–H groups in total. The average molecular weight is 255 g/mol. The van der Waals surface area contributed by atoms with E-state index in [0.29, 0.717) is 0 Å². The van der Waals surface area contributed by atoms with Gasteiger partial charge in [0.05, 0.1) is 30.4 Å². The first kappa shape index (κ1) is 14.0. The number of esters is 1. The summed E-state index contributed by atoms with van der Waals surface area (Å²) in [6.07, 6.45) is -2.13. The molecule has 0 bridgehead atoms. The van der Waals surface area contributed by atoms with Crippen LogP contribution in [0, 0.1) is 11.3 Å². The summed E-state index contributed by atoms with van der Waals surface area (Å²) < 4.78 is 29.8. The molecule has 1 heterocycles. The molecule has 0 aliphatic heterocycles. The number of nitriles is 1. The van der Waals surface area contributed by atoms with E-state index < -0.39 is 18.0 Å². The normalized spacial score (nSPS) is 10.2. The minimum Gasteiger partial charge on any atom is -0.469 e. The number of methoxy groups -OCH3 is 1. The Hall–Kier alpha value is -2.07. The summed E-state index contributed by atoms with van der Waals surface area (Å²) in [6, 6.07) is 1.68. The first-order valence-electron chi connectivity index (χ1n) is 5.00. The maximum atomic E-state index is 12.7. The Morgan fingerprint density at radius 1 is 1.67 bits per heavy atom. The number of carbonyl (C=O) groups is 1. The van der Waals surface area contributed by atoms with E-state index in [1.54, 1.807) is 6.07 Å². The van der Waals surface area contributed by atoms with Crippen LogP contribution in [0.3, 0.4) is 0 Å². The summed E-state index contributed by atoms with van der Waals surface area (Å²) in [4.78, 5) is 14.9. The number of carbonyl (C=O) groups excluding carboxylic acids is 1. The topological polar surface area (TPSA) is 89.0 Å². The van der Waals surface area contributed by atoms with Crippen molar-refractivity contribution in [2.45, 2.75) is 19.4 Å². The highest BCUT2D eigenvalue weighted by molar-refractivity contribution is 5.72. The van der Waals surface area contributed by atoms with E-state index in [2.05, 4.69) is 9.72 Å². The number of pyridine rings is 1. The molecule has 0 saturated carbocycles. The molecular formula is C11H11F2N3O2. The molecule has 1 aromatic rings. The van der Waals surface area contributed by atoms with Crippen LogP contribution in [0.4, 0.5) is 8.78 Å². The highest BCUT2D eigenvalue weighted by atomic mass is 19.3. The van der Waals surface area contributed by atoms with Gasteiger partial charge in [0.1, 0.15) is 6.07 Å². The molecule has 0 spiro atoms.